The third kappa shape index (κ3) is 6.43. The quantitative estimate of drug-likeness (QED) is 0.188. The highest BCUT2D eigenvalue weighted by atomic mass is 32.2. The maximum Gasteiger partial charge on any atom is 0.416 e. The highest BCUT2D eigenvalue weighted by Gasteiger charge is 2.31. The molecule has 0 aliphatic heterocycles. The van der Waals surface area contributed by atoms with Crippen molar-refractivity contribution in [3.05, 3.63) is 89.8 Å². The predicted octanol–water partition coefficient (Wildman–Crippen LogP) is 5.82. The number of oxazole rings is 1. The first kappa shape index (κ1) is 28.8. The van der Waals surface area contributed by atoms with Gasteiger partial charge in [0, 0.05) is 6.54 Å². The number of methoxy groups -OCH3 is 2. The fraction of sp³-hybridized carbons (Fsp3) is 0.214. The SMILES string of the molecule is COc1ccc(CCNC(=O)c2coc(CSc3nnc(-c4ccco4)n3-c3cccc(C(F)(F)F)c3)n2)cc1OC. The molecule has 0 saturated heterocycles. The van der Waals surface area contributed by atoms with E-state index in [1.807, 2.05) is 12.1 Å². The van der Waals surface area contributed by atoms with Crippen molar-refractivity contribution in [1.29, 1.82) is 0 Å². The van der Waals surface area contributed by atoms with Gasteiger partial charge in [-0.05, 0) is 54.4 Å². The number of furan rings is 1. The fourth-order valence-electron chi connectivity index (χ4n) is 4.04. The molecule has 0 unspecified atom stereocenters. The van der Waals surface area contributed by atoms with Crippen LogP contribution in [-0.2, 0) is 18.3 Å². The van der Waals surface area contributed by atoms with Crippen molar-refractivity contribution in [3.63, 3.8) is 0 Å². The molecule has 42 heavy (non-hydrogen) atoms. The van der Waals surface area contributed by atoms with Crippen molar-refractivity contribution in [3.8, 4) is 28.8 Å². The average molecular weight is 600 g/mol. The molecule has 5 aromatic rings. The van der Waals surface area contributed by atoms with E-state index in [0.717, 1.165) is 29.5 Å². The van der Waals surface area contributed by atoms with Crippen LogP contribution in [-0.4, -0.2) is 46.4 Å². The topological polar surface area (TPSA) is 117 Å². The van der Waals surface area contributed by atoms with Crippen LogP contribution in [0.1, 0.15) is 27.5 Å². The van der Waals surface area contributed by atoms with Crippen LogP contribution in [0.25, 0.3) is 17.3 Å². The van der Waals surface area contributed by atoms with Gasteiger partial charge in [-0.3, -0.25) is 9.36 Å². The van der Waals surface area contributed by atoms with E-state index in [0.29, 0.717) is 30.2 Å². The van der Waals surface area contributed by atoms with Crippen molar-refractivity contribution in [1.82, 2.24) is 25.1 Å². The number of carbonyl (C=O) groups is 1. The molecule has 5 rings (SSSR count). The Balaban J connectivity index is 1.26. The molecule has 14 heteroatoms. The van der Waals surface area contributed by atoms with Crippen molar-refractivity contribution in [2.75, 3.05) is 20.8 Å². The van der Waals surface area contributed by atoms with Crippen molar-refractivity contribution in [2.45, 2.75) is 23.5 Å². The summed E-state index contributed by atoms with van der Waals surface area (Å²) in [5, 5.41) is 11.4. The minimum Gasteiger partial charge on any atom is -0.493 e. The molecule has 2 aromatic carbocycles. The number of ether oxygens (including phenoxy) is 2. The summed E-state index contributed by atoms with van der Waals surface area (Å²) in [5.41, 5.74) is 0.424. The van der Waals surface area contributed by atoms with Gasteiger partial charge in [0.25, 0.3) is 5.91 Å². The zero-order chi connectivity index (χ0) is 29.7. The number of hydrogen-bond acceptors (Lipinski definition) is 9. The predicted molar refractivity (Wildman–Crippen MR) is 146 cm³/mol. The van der Waals surface area contributed by atoms with Crippen LogP contribution in [0, 0.1) is 0 Å². The number of nitrogens with zero attached hydrogens (tertiary/aromatic N) is 4. The van der Waals surface area contributed by atoms with Crippen LogP contribution in [0.4, 0.5) is 13.2 Å². The van der Waals surface area contributed by atoms with E-state index in [-0.39, 0.29) is 34.0 Å². The van der Waals surface area contributed by atoms with Crippen LogP contribution in [0.5, 0.6) is 11.5 Å². The number of thioether (sulfide) groups is 1. The smallest absolute Gasteiger partial charge is 0.416 e. The van der Waals surface area contributed by atoms with Gasteiger partial charge in [0.15, 0.2) is 28.1 Å². The van der Waals surface area contributed by atoms with E-state index >= 15 is 0 Å². The fourth-order valence-corrected chi connectivity index (χ4v) is 4.84. The number of benzene rings is 2. The number of hydrogen-bond donors (Lipinski definition) is 1. The molecule has 3 aromatic heterocycles. The summed E-state index contributed by atoms with van der Waals surface area (Å²) in [7, 11) is 3.11. The Morgan fingerprint density at radius 1 is 1.02 bits per heavy atom. The van der Waals surface area contributed by atoms with Crippen LogP contribution >= 0.6 is 11.8 Å². The summed E-state index contributed by atoms with van der Waals surface area (Å²) in [6.07, 6.45) is -1.30. The normalized spacial score (nSPS) is 11.5. The second-order valence-electron chi connectivity index (χ2n) is 8.78. The van der Waals surface area contributed by atoms with Gasteiger partial charge in [-0.25, -0.2) is 4.98 Å². The Labute approximate surface area is 241 Å². The molecule has 0 aliphatic carbocycles. The van der Waals surface area contributed by atoms with Crippen molar-refractivity contribution in [2.24, 2.45) is 0 Å². The summed E-state index contributed by atoms with van der Waals surface area (Å²) in [6, 6.07) is 13.6. The van der Waals surface area contributed by atoms with E-state index in [2.05, 4.69) is 20.5 Å². The number of rotatable bonds is 11. The van der Waals surface area contributed by atoms with Crippen molar-refractivity contribution < 1.29 is 36.3 Å². The number of halogens is 3. The van der Waals surface area contributed by atoms with E-state index in [4.69, 9.17) is 18.3 Å². The first-order valence-electron chi connectivity index (χ1n) is 12.5. The minimum atomic E-state index is -4.53. The van der Waals surface area contributed by atoms with Crippen LogP contribution in [0.2, 0.25) is 0 Å². The van der Waals surface area contributed by atoms with E-state index in [1.54, 1.807) is 32.4 Å². The molecule has 3 heterocycles. The molecular formula is C28H24F3N5O5S. The summed E-state index contributed by atoms with van der Waals surface area (Å²) < 4.78 is 63.1. The molecular weight excluding hydrogens is 575 g/mol. The van der Waals surface area contributed by atoms with E-state index in [9.17, 15) is 18.0 Å². The Hall–Kier alpha value is -4.72. The molecule has 0 fully saturated rings. The van der Waals surface area contributed by atoms with Gasteiger partial charge in [-0.15, -0.1) is 10.2 Å². The lowest BCUT2D eigenvalue weighted by molar-refractivity contribution is -0.137. The molecule has 218 valence electrons. The third-order valence-corrected chi connectivity index (χ3v) is 6.98. The van der Waals surface area contributed by atoms with Gasteiger partial charge >= 0.3 is 6.18 Å². The average Bonchev–Trinajstić information content (AvgIpc) is 3.76. The van der Waals surface area contributed by atoms with Crippen LogP contribution in [0.15, 0.2) is 81.1 Å². The Bertz CT molecular complexity index is 1670. The Kier molecular flexibility index (Phi) is 8.52. The van der Waals surface area contributed by atoms with Gasteiger partial charge in [-0.1, -0.05) is 23.9 Å². The maximum absolute atomic E-state index is 13.4. The number of carbonyl (C=O) groups excluding carboxylic acids is 1. The molecule has 10 nitrogen and oxygen atoms in total. The number of amides is 1. The lowest BCUT2D eigenvalue weighted by Crippen LogP contribution is -2.26. The molecule has 1 amide bonds. The highest BCUT2D eigenvalue weighted by Crippen LogP contribution is 2.34. The van der Waals surface area contributed by atoms with Crippen LogP contribution < -0.4 is 14.8 Å². The second kappa shape index (κ2) is 12.4. The Morgan fingerprint density at radius 3 is 2.60 bits per heavy atom. The highest BCUT2D eigenvalue weighted by molar-refractivity contribution is 7.98. The third-order valence-electron chi connectivity index (χ3n) is 6.06. The molecule has 0 atom stereocenters. The van der Waals surface area contributed by atoms with Gasteiger partial charge in [0.2, 0.25) is 11.7 Å². The second-order valence-corrected chi connectivity index (χ2v) is 9.72. The van der Waals surface area contributed by atoms with E-state index in [1.165, 1.54) is 29.2 Å². The van der Waals surface area contributed by atoms with Crippen molar-refractivity contribution >= 4 is 17.7 Å². The standard InChI is InChI=1S/C28H24F3N5O5S/c1-38-21-9-8-17(13-23(21)39-2)10-11-32-26(37)20-15-41-24(33-20)16-42-27-35-34-25(22-7-4-12-40-22)36(27)19-6-3-5-18(14-19)28(29,30)31/h3-9,12-15H,10-11,16H2,1-2H3,(H,32,37). The minimum absolute atomic E-state index is 0.0912. The molecule has 1 N–H and O–H groups in total. The summed E-state index contributed by atoms with van der Waals surface area (Å²) in [5.74, 6) is 1.71. The molecule has 0 radical (unpaired) electrons. The van der Waals surface area contributed by atoms with Gasteiger partial charge < -0.3 is 23.6 Å². The largest absolute Gasteiger partial charge is 0.493 e. The Morgan fingerprint density at radius 2 is 1.86 bits per heavy atom. The number of alkyl halides is 3. The van der Waals surface area contributed by atoms with E-state index < -0.39 is 17.6 Å². The molecule has 0 spiro atoms. The van der Waals surface area contributed by atoms with Gasteiger partial charge in [0.1, 0.15) is 6.26 Å². The van der Waals surface area contributed by atoms with Crippen LogP contribution in [0.3, 0.4) is 0 Å². The number of aromatic nitrogens is 4. The first-order valence-corrected chi connectivity index (χ1v) is 13.5. The lowest BCUT2D eigenvalue weighted by Gasteiger charge is -2.12. The molecule has 0 bridgehead atoms. The summed E-state index contributed by atoms with van der Waals surface area (Å²) >= 11 is 1.13. The molecule has 0 aliphatic rings. The summed E-state index contributed by atoms with van der Waals surface area (Å²) in [6.45, 7) is 0.348. The monoisotopic (exact) mass is 599 g/mol. The first-order chi connectivity index (χ1) is 20.3. The van der Waals surface area contributed by atoms with Gasteiger partial charge in [-0.2, -0.15) is 13.2 Å². The zero-order valence-electron chi connectivity index (χ0n) is 22.3. The lowest BCUT2D eigenvalue weighted by atomic mass is 10.1. The summed E-state index contributed by atoms with van der Waals surface area (Å²) in [4.78, 5) is 16.9. The van der Waals surface area contributed by atoms with Gasteiger partial charge in [0.05, 0.1) is 37.5 Å². The zero-order valence-corrected chi connectivity index (χ0v) is 23.2. The number of nitrogens with one attached hydrogen (secondary N) is 1. The maximum atomic E-state index is 13.4. The molecule has 0 saturated carbocycles.